The predicted molar refractivity (Wildman–Crippen MR) is 96.5 cm³/mol. The quantitative estimate of drug-likeness (QED) is 0.622. The number of anilines is 1. The van der Waals surface area contributed by atoms with Crippen LogP contribution in [-0.4, -0.2) is 28.1 Å². The zero-order valence-corrected chi connectivity index (χ0v) is 15.2. The van der Waals surface area contributed by atoms with E-state index in [2.05, 4.69) is 15.5 Å². The third kappa shape index (κ3) is 5.20. The molecule has 1 aromatic carbocycles. The van der Waals surface area contributed by atoms with Crippen molar-refractivity contribution in [2.75, 3.05) is 5.32 Å². The van der Waals surface area contributed by atoms with E-state index in [4.69, 9.17) is 9.26 Å². The van der Waals surface area contributed by atoms with Crippen molar-refractivity contribution >= 4 is 28.9 Å². The van der Waals surface area contributed by atoms with Crippen LogP contribution in [0.5, 0.6) is 0 Å². The molecule has 0 radical (unpaired) electrons. The van der Waals surface area contributed by atoms with Crippen LogP contribution < -0.4 is 5.32 Å². The summed E-state index contributed by atoms with van der Waals surface area (Å²) in [6, 6.07) is 7.31. The number of amides is 1. The van der Waals surface area contributed by atoms with Crippen molar-refractivity contribution in [3.8, 4) is 11.4 Å². The van der Waals surface area contributed by atoms with Crippen molar-refractivity contribution in [2.45, 2.75) is 25.9 Å². The molecule has 27 heavy (non-hydrogen) atoms. The average molecular weight is 389 g/mol. The van der Waals surface area contributed by atoms with E-state index in [-0.39, 0.29) is 18.5 Å². The fourth-order valence-electron chi connectivity index (χ4n) is 2.19. The molecule has 0 bridgehead atoms. The maximum absolute atomic E-state index is 13.1. The van der Waals surface area contributed by atoms with E-state index in [0.717, 1.165) is 5.56 Å². The van der Waals surface area contributed by atoms with Gasteiger partial charge in [-0.2, -0.15) is 16.3 Å². The van der Waals surface area contributed by atoms with Crippen LogP contribution in [0.3, 0.4) is 0 Å². The Morgan fingerprint density at radius 2 is 2.22 bits per heavy atom. The van der Waals surface area contributed by atoms with Gasteiger partial charge in [0.2, 0.25) is 11.7 Å². The molecule has 1 N–H and O–H groups in total. The Balaban J connectivity index is 1.46. The molecule has 3 rings (SSSR count). The minimum absolute atomic E-state index is 0.0111. The van der Waals surface area contributed by atoms with Gasteiger partial charge in [-0.15, -0.1) is 0 Å². The molecule has 9 heteroatoms. The van der Waals surface area contributed by atoms with E-state index in [1.807, 2.05) is 16.8 Å². The summed E-state index contributed by atoms with van der Waals surface area (Å²) in [5.41, 5.74) is 1.13. The molecule has 0 aliphatic carbocycles. The lowest BCUT2D eigenvalue weighted by atomic mass is 10.2. The highest BCUT2D eigenvalue weighted by Gasteiger charge is 2.19. The number of rotatable bonds is 7. The summed E-state index contributed by atoms with van der Waals surface area (Å²) in [5, 5.41) is 10.1. The van der Waals surface area contributed by atoms with E-state index < -0.39 is 23.8 Å². The smallest absolute Gasteiger partial charge is 0.307 e. The number of carbonyl (C=O) groups is 2. The minimum atomic E-state index is -1.02. The van der Waals surface area contributed by atoms with Crippen LogP contribution in [0.25, 0.3) is 11.4 Å². The molecule has 0 spiro atoms. The van der Waals surface area contributed by atoms with Crippen LogP contribution in [0, 0.1) is 5.82 Å². The number of hydrogen-bond donors (Lipinski definition) is 1. The van der Waals surface area contributed by atoms with Crippen LogP contribution in [0.2, 0.25) is 0 Å². The second kappa shape index (κ2) is 8.54. The van der Waals surface area contributed by atoms with Crippen molar-refractivity contribution < 1.29 is 23.2 Å². The number of thiophene rings is 1. The molecule has 2 aromatic heterocycles. The Bertz CT molecular complexity index is 926. The minimum Gasteiger partial charge on any atom is -0.453 e. The SMILES string of the molecule is C[C@H](OC(=O)CCc1nc(-c2ccsc2)no1)C(=O)Nc1cccc(F)c1. The number of benzene rings is 1. The van der Waals surface area contributed by atoms with Gasteiger partial charge in [-0.3, -0.25) is 9.59 Å². The molecule has 1 amide bonds. The zero-order valence-electron chi connectivity index (χ0n) is 14.3. The lowest BCUT2D eigenvalue weighted by molar-refractivity contribution is -0.153. The molecule has 7 nitrogen and oxygen atoms in total. The molecule has 0 fully saturated rings. The molecule has 0 aliphatic heterocycles. The van der Waals surface area contributed by atoms with Gasteiger partial charge in [0.25, 0.3) is 5.91 Å². The monoisotopic (exact) mass is 389 g/mol. The Labute approximate surface area is 158 Å². The first-order valence-electron chi connectivity index (χ1n) is 8.12. The number of ether oxygens (including phenoxy) is 1. The van der Waals surface area contributed by atoms with E-state index in [0.29, 0.717) is 11.7 Å². The second-order valence-electron chi connectivity index (χ2n) is 5.66. The van der Waals surface area contributed by atoms with Crippen LogP contribution >= 0.6 is 11.3 Å². The summed E-state index contributed by atoms with van der Waals surface area (Å²) in [6.07, 6.45) is -0.832. The number of aromatic nitrogens is 2. The highest BCUT2D eigenvalue weighted by atomic mass is 32.1. The summed E-state index contributed by atoms with van der Waals surface area (Å²) in [6.45, 7) is 1.44. The van der Waals surface area contributed by atoms with Gasteiger partial charge >= 0.3 is 5.97 Å². The predicted octanol–water partition coefficient (Wildman–Crippen LogP) is 3.44. The fraction of sp³-hybridized carbons (Fsp3) is 0.222. The molecule has 140 valence electrons. The standard InChI is InChI=1S/C18H16FN3O4S/c1-11(18(24)20-14-4-2-3-13(19)9-14)25-16(23)6-5-15-21-17(22-26-15)12-7-8-27-10-12/h2-4,7-11H,5-6H2,1H3,(H,20,24)/t11-/m0/s1. The van der Waals surface area contributed by atoms with Gasteiger partial charge in [0.15, 0.2) is 6.10 Å². The number of halogens is 1. The topological polar surface area (TPSA) is 94.3 Å². The number of nitrogens with zero attached hydrogens (tertiary/aromatic N) is 2. The summed E-state index contributed by atoms with van der Waals surface area (Å²) >= 11 is 1.52. The van der Waals surface area contributed by atoms with Crippen molar-refractivity contribution in [3.63, 3.8) is 0 Å². The maximum atomic E-state index is 13.1. The molecule has 0 saturated heterocycles. The normalized spacial score (nSPS) is 11.8. The largest absolute Gasteiger partial charge is 0.453 e. The Kier molecular flexibility index (Phi) is 5.92. The average Bonchev–Trinajstić information content (AvgIpc) is 3.31. The first kappa shape index (κ1) is 18.7. The zero-order chi connectivity index (χ0) is 19.2. The molecule has 2 heterocycles. The van der Waals surface area contributed by atoms with Gasteiger partial charge in [-0.1, -0.05) is 11.2 Å². The van der Waals surface area contributed by atoms with Crippen LogP contribution in [0.4, 0.5) is 10.1 Å². The summed E-state index contributed by atoms with van der Waals surface area (Å²) in [7, 11) is 0. The number of esters is 1. The molecule has 0 saturated carbocycles. The number of nitrogens with one attached hydrogen (secondary N) is 1. The summed E-state index contributed by atoms with van der Waals surface area (Å²) < 4.78 is 23.3. The van der Waals surface area contributed by atoms with Gasteiger partial charge in [-0.25, -0.2) is 4.39 Å². The van der Waals surface area contributed by atoms with E-state index in [1.54, 1.807) is 0 Å². The molecular weight excluding hydrogens is 373 g/mol. The highest BCUT2D eigenvalue weighted by Crippen LogP contribution is 2.19. The van der Waals surface area contributed by atoms with E-state index >= 15 is 0 Å². The second-order valence-corrected chi connectivity index (χ2v) is 6.44. The first-order chi connectivity index (χ1) is 13.0. The molecule has 1 atom stereocenters. The number of aryl methyl sites for hydroxylation is 1. The molecule has 0 aliphatic rings. The molecule has 3 aromatic rings. The molecule has 0 unspecified atom stereocenters. The van der Waals surface area contributed by atoms with E-state index in [1.165, 1.54) is 42.5 Å². The van der Waals surface area contributed by atoms with Gasteiger partial charge in [0.05, 0.1) is 6.42 Å². The van der Waals surface area contributed by atoms with E-state index in [9.17, 15) is 14.0 Å². The lowest BCUT2D eigenvalue weighted by Gasteiger charge is -2.13. The van der Waals surface area contributed by atoms with Gasteiger partial charge < -0.3 is 14.6 Å². The Morgan fingerprint density at radius 1 is 1.37 bits per heavy atom. The van der Waals surface area contributed by atoms with Crippen molar-refractivity contribution in [1.82, 2.24) is 10.1 Å². The van der Waals surface area contributed by atoms with Crippen LogP contribution in [0.1, 0.15) is 19.2 Å². The third-order valence-electron chi connectivity index (χ3n) is 3.56. The first-order valence-corrected chi connectivity index (χ1v) is 9.06. The number of hydrogen-bond acceptors (Lipinski definition) is 7. The maximum Gasteiger partial charge on any atom is 0.307 e. The summed E-state index contributed by atoms with van der Waals surface area (Å²) in [5.74, 6) is -0.829. The Morgan fingerprint density at radius 3 is 2.96 bits per heavy atom. The van der Waals surface area contributed by atoms with Crippen LogP contribution in [0.15, 0.2) is 45.6 Å². The fourth-order valence-corrected chi connectivity index (χ4v) is 2.83. The van der Waals surface area contributed by atoms with Gasteiger partial charge in [0.1, 0.15) is 5.82 Å². The van der Waals surface area contributed by atoms with Gasteiger partial charge in [-0.05, 0) is 36.6 Å². The Hall–Kier alpha value is -3.07. The van der Waals surface area contributed by atoms with Crippen LogP contribution in [-0.2, 0) is 20.7 Å². The molecular formula is C18H16FN3O4S. The number of carbonyl (C=O) groups excluding carboxylic acids is 2. The van der Waals surface area contributed by atoms with Crippen molar-refractivity contribution in [3.05, 3.63) is 52.8 Å². The van der Waals surface area contributed by atoms with Crippen molar-refractivity contribution in [1.29, 1.82) is 0 Å². The van der Waals surface area contributed by atoms with Crippen molar-refractivity contribution in [2.24, 2.45) is 0 Å². The third-order valence-corrected chi connectivity index (χ3v) is 4.24. The highest BCUT2D eigenvalue weighted by molar-refractivity contribution is 7.08. The van der Waals surface area contributed by atoms with Gasteiger partial charge in [0, 0.05) is 23.1 Å². The lowest BCUT2D eigenvalue weighted by Crippen LogP contribution is -2.30. The summed E-state index contributed by atoms with van der Waals surface area (Å²) in [4.78, 5) is 28.1.